The molecule has 0 unspecified atom stereocenters. The highest BCUT2D eigenvalue weighted by molar-refractivity contribution is 5.94. The van der Waals surface area contributed by atoms with E-state index >= 15 is 0 Å². The van der Waals surface area contributed by atoms with Crippen LogP contribution in [-0.2, 0) is 4.74 Å². The van der Waals surface area contributed by atoms with E-state index in [4.69, 9.17) is 4.74 Å². The van der Waals surface area contributed by atoms with Gasteiger partial charge >= 0.3 is 5.97 Å². The van der Waals surface area contributed by atoms with Crippen LogP contribution < -0.4 is 5.32 Å². The van der Waals surface area contributed by atoms with Gasteiger partial charge in [-0.1, -0.05) is 13.8 Å². The monoisotopic (exact) mass is 222 g/mol. The minimum Gasteiger partial charge on any atom is -0.465 e. The van der Waals surface area contributed by atoms with Gasteiger partial charge < -0.3 is 10.1 Å². The third kappa shape index (κ3) is 2.95. The molecule has 0 atom stereocenters. The Kier molecular flexibility index (Phi) is 4.76. The highest BCUT2D eigenvalue weighted by atomic mass is 16.5. The summed E-state index contributed by atoms with van der Waals surface area (Å²) >= 11 is 0. The minimum absolute atomic E-state index is 0.332. The highest BCUT2D eigenvalue weighted by Crippen LogP contribution is 2.15. The average molecular weight is 222 g/mol. The van der Waals surface area contributed by atoms with Crippen molar-refractivity contribution in [3.05, 3.63) is 23.9 Å². The van der Waals surface area contributed by atoms with Crippen molar-refractivity contribution in [2.75, 3.05) is 12.4 Å². The van der Waals surface area contributed by atoms with Crippen molar-refractivity contribution in [3.8, 4) is 0 Å². The van der Waals surface area contributed by atoms with Gasteiger partial charge in [-0.25, -0.2) is 9.78 Å². The molecule has 1 heterocycles. The van der Waals surface area contributed by atoms with Crippen molar-refractivity contribution < 1.29 is 9.53 Å². The number of aromatic nitrogens is 1. The number of methoxy groups -OCH3 is 1. The summed E-state index contributed by atoms with van der Waals surface area (Å²) in [5, 5.41) is 3.25. The van der Waals surface area contributed by atoms with Crippen LogP contribution in [0.3, 0.4) is 0 Å². The van der Waals surface area contributed by atoms with Crippen LogP contribution in [0.15, 0.2) is 18.3 Å². The first-order valence-corrected chi connectivity index (χ1v) is 5.52. The Morgan fingerprint density at radius 1 is 1.50 bits per heavy atom. The summed E-state index contributed by atoms with van der Waals surface area (Å²) in [7, 11) is 1.37. The Bertz CT molecular complexity index is 349. The van der Waals surface area contributed by atoms with Gasteiger partial charge in [-0.05, 0) is 25.0 Å². The van der Waals surface area contributed by atoms with Crippen molar-refractivity contribution in [1.29, 1.82) is 0 Å². The van der Waals surface area contributed by atoms with Crippen molar-refractivity contribution >= 4 is 11.8 Å². The molecule has 88 valence electrons. The van der Waals surface area contributed by atoms with Crippen molar-refractivity contribution in [1.82, 2.24) is 4.98 Å². The van der Waals surface area contributed by atoms with Gasteiger partial charge in [0.25, 0.3) is 0 Å². The molecule has 4 heteroatoms. The summed E-state index contributed by atoms with van der Waals surface area (Å²) in [5.74, 6) is 0.240. The summed E-state index contributed by atoms with van der Waals surface area (Å²) in [5.41, 5.74) is 0.483. The zero-order valence-electron chi connectivity index (χ0n) is 9.99. The highest BCUT2D eigenvalue weighted by Gasteiger charge is 2.14. The van der Waals surface area contributed by atoms with E-state index in [1.54, 1.807) is 18.3 Å². The zero-order valence-corrected chi connectivity index (χ0v) is 9.99. The van der Waals surface area contributed by atoms with E-state index in [9.17, 15) is 4.79 Å². The molecule has 0 aliphatic carbocycles. The molecular formula is C12H18N2O2. The third-order valence-electron chi connectivity index (χ3n) is 2.54. The molecule has 16 heavy (non-hydrogen) atoms. The molecule has 0 aromatic carbocycles. The van der Waals surface area contributed by atoms with Gasteiger partial charge in [0.2, 0.25) is 0 Å². The molecule has 0 aliphatic rings. The van der Waals surface area contributed by atoms with E-state index in [2.05, 4.69) is 24.1 Å². The molecule has 1 aromatic rings. The fourth-order valence-electron chi connectivity index (χ4n) is 1.48. The van der Waals surface area contributed by atoms with Crippen LogP contribution in [-0.4, -0.2) is 24.1 Å². The average Bonchev–Trinajstić information content (AvgIpc) is 2.35. The number of nitrogens with zero attached hydrogens (tertiary/aromatic N) is 1. The molecule has 1 aromatic heterocycles. The largest absolute Gasteiger partial charge is 0.465 e. The van der Waals surface area contributed by atoms with Crippen LogP contribution in [0.1, 0.15) is 37.0 Å². The zero-order chi connectivity index (χ0) is 12.0. The molecule has 1 N–H and O–H groups in total. The Morgan fingerprint density at radius 2 is 2.19 bits per heavy atom. The first kappa shape index (κ1) is 12.5. The summed E-state index contributed by atoms with van der Waals surface area (Å²) in [6.07, 6.45) is 3.65. The lowest BCUT2D eigenvalue weighted by Crippen LogP contribution is -2.20. The first-order chi connectivity index (χ1) is 7.72. The number of hydrogen-bond acceptors (Lipinski definition) is 4. The maximum atomic E-state index is 11.5. The van der Waals surface area contributed by atoms with E-state index in [0.29, 0.717) is 17.4 Å². The fraction of sp³-hybridized carbons (Fsp3) is 0.500. The number of rotatable bonds is 5. The lowest BCUT2D eigenvalue weighted by molar-refractivity contribution is 0.0601. The summed E-state index contributed by atoms with van der Waals surface area (Å²) in [4.78, 5) is 15.7. The Hall–Kier alpha value is -1.58. The van der Waals surface area contributed by atoms with Crippen molar-refractivity contribution in [3.63, 3.8) is 0 Å². The lowest BCUT2D eigenvalue weighted by Gasteiger charge is -2.16. The van der Waals surface area contributed by atoms with E-state index in [0.717, 1.165) is 12.8 Å². The molecule has 0 fully saturated rings. The number of esters is 1. The van der Waals surface area contributed by atoms with Crippen LogP contribution >= 0.6 is 0 Å². The molecule has 0 spiro atoms. The van der Waals surface area contributed by atoms with Crippen LogP contribution in [0.2, 0.25) is 0 Å². The second-order valence-corrected chi connectivity index (χ2v) is 3.55. The van der Waals surface area contributed by atoms with Gasteiger partial charge in [-0.15, -0.1) is 0 Å². The van der Waals surface area contributed by atoms with Crippen LogP contribution in [0.25, 0.3) is 0 Å². The Labute approximate surface area is 96.0 Å². The van der Waals surface area contributed by atoms with Gasteiger partial charge in [-0.3, -0.25) is 0 Å². The molecule has 4 nitrogen and oxygen atoms in total. The van der Waals surface area contributed by atoms with Crippen molar-refractivity contribution in [2.45, 2.75) is 32.7 Å². The number of anilines is 1. The molecule has 0 saturated carbocycles. The molecular weight excluding hydrogens is 204 g/mol. The first-order valence-electron chi connectivity index (χ1n) is 5.52. The topological polar surface area (TPSA) is 51.2 Å². The van der Waals surface area contributed by atoms with Gasteiger partial charge in [0, 0.05) is 12.2 Å². The van der Waals surface area contributed by atoms with Gasteiger partial charge in [0.05, 0.1) is 7.11 Å². The van der Waals surface area contributed by atoms with E-state index in [1.807, 2.05) is 0 Å². The second-order valence-electron chi connectivity index (χ2n) is 3.55. The number of ether oxygens (including phenoxy) is 1. The summed E-state index contributed by atoms with van der Waals surface area (Å²) < 4.78 is 4.71. The lowest BCUT2D eigenvalue weighted by atomic mass is 10.1. The standard InChI is InChI=1S/C12H18N2O2/c1-4-9(5-2)14-11-10(12(15)16-3)7-6-8-13-11/h6-9H,4-5H2,1-3H3,(H,13,14). The molecule has 0 aliphatic heterocycles. The SMILES string of the molecule is CCC(CC)Nc1ncccc1C(=O)OC. The molecule has 0 radical (unpaired) electrons. The smallest absolute Gasteiger partial charge is 0.341 e. The van der Waals surface area contributed by atoms with E-state index < -0.39 is 0 Å². The van der Waals surface area contributed by atoms with Crippen LogP contribution in [0, 0.1) is 0 Å². The Morgan fingerprint density at radius 3 is 2.75 bits per heavy atom. The number of hydrogen-bond donors (Lipinski definition) is 1. The quantitative estimate of drug-likeness (QED) is 0.777. The summed E-state index contributed by atoms with van der Waals surface area (Å²) in [6, 6.07) is 3.77. The summed E-state index contributed by atoms with van der Waals surface area (Å²) in [6.45, 7) is 4.20. The van der Waals surface area contributed by atoms with Gasteiger partial charge in [0.1, 0.15) is 11.4 Å². The molecule has 0 bridgehead atoms. The van der Waals surface area contributed by atoms with Crippen molar-refractivity contribution in [2.24, 2.45) is 0 Å². The molecule has 0 amide bonds. The number of carbonyl (C=O) groups is 1. The second kappa shape index (κ2) is 6.10. The van der Waals surface area contributed by atoms with Crippen LogP contribution in [0.5, 0.6) is 0 Å². The predicted octanol–water partition coefficient (Wildman–Crippen LogP) is 2.47. The fourth-order valence-corrected chi connectivity index (χ4v) is 1.48. The Balaban J connectivity index is 2.90. The van der Waals surface area contributed by atoms with E-state index in [-0.39, 0.29) is 5.97 Å². The maximum absolute atomic E-state index is 11.5. The number of nitrogens with one attached hydrogen (secondary N) is 1. The predicted molar refractivity (Wildman–Crippen MR) is 63.6 cm³/mol. The minimum atomic E-state index is -0.360. The third-order valence-corrected chi connectivity index (χ3v) is 2.54. The number of carbonyl (C=O) groups excluding carboxylic acids is 1. The van der Waals surface area contributed by atoms with E-state index in [1.165, 1.54) is 7.11 Å². The molecule has 0 saturated heterocycles. The number of pyridine rings is 1. The molecule has 1 rings (SSSR count). The maximum Gasteiger partial charge on any atom is 0.341 e. The van der Waals surface area contributed by atoms with Gasteiger partial charge in [-0.2, -0.15) is 0 Å². The normalized spacial score (nSPS) is 10.2. The van der Waals surface area contributed by atoms with Gasteiger partial charge in [0.15, 0.2) is 0 Å². The van der Waals surface area contributed by atoms with Crippen LogP contribution in [0.4, 0.5) is 5.82 Å².